The topological polar surface area (TPSA) is 27.7 Å². The van der Waals surface area contributed by atoms with Crippen molar-refractivity contribution in [2.24, 2.45) is 5.92 Å². The zero-order valence-electron chi connectivity index (χ0n) is 20.8. The first-order valence-electron chi connectivity index (χ1n) is 12.7. The predicted octanol–water partition coefficient (Wildman–Crippen LogP) is 8.43. The zero-order chi connectivity index (χ0) is 26.4. The number of ether oxygens (including phenoxy) is 3. The van der Waals surface area contributed by atoms with Gasteiger partial charge in [-0.1, -0.05) is 62.9 Å². The molecule has 1 heterocycles. The van der Waals surface area contributed by atoms with E-state index in [4.69, 9.17) is 9.47 Å². The summed E-state index contributed by atoms with van der Waals surface area (Å²) < 4.78 is 81.7. The molecule has 0 atom stereocenters. The summed E-state index contributed by atoms with van der Waals surface area (Å²) in [5.41, 5.74) is 1.71. The Morgan fingerprint density at radius 3 is 2.38 bits per heavy atom. The minimum absolute atomic E-state index is 0.257. The lowest BCUT2D eigenvalue weighted by molar-refractivity contribution is -0.275. The molecule has 200 valence electrons. The van der Waals surface area contributed by atoms with E-state index in [1.807, 2.05) is 12.1 Å². The minimum atomic E-state index is -4.97. The Kier molecular flexibility index (Phi) is 9.03. The van der Waals surface area contributed by atoms with Gasteiger partial charge >= 0.3 is 6.36 Å². The maximum absolute atomic E-state index is 15.2. The third kappa shape index (κ3) is 7.42. The Bertz CT molecular complexity index is 1190. The number of halogens is 5. The van der Waals surface area contributed by atoms with E-state index in [0.717, 1.165) is 24.1 Å². The summed E-state index contributed by atoms with van der Waals surface area (Å²) >= 11 is 0. The molecule has 0 bridgehead atoms. The summed E-state index contributed by atoms with van der Waals surface area (Å²) in [6.07, 6.45) is 1.04. The lowest BCUT2D eigenvalue weighted by Crippen LogP contribution is -2.27. The second kappa shape index (κ2) is 12.2. The van der Waals surface area contributed by atoms with Gasteiger partial charge in [0.25, 0.3) is 0 Å². The van der Waals surface area contributed by atoms with Crippen LogP contribution < -0.4 is 4.74 Å². The predicted molar refractivity (Wildman–Crippen MR) is 131 cm³/mol. The molecule has 1 aliphatic rings. The highest BCUT2D eigenvalue weighted by Crippen LogP contribution is 2.31. The van der Waals surface area contributed by atoms with E-state index in [9.17, 15) is 17.6 Å². The van der Waals surface area contributed by atoms with E-state index < -0.39 is 24.2 Å². The van der Waals surface area contributed by atoms with Crippen molar-refractivity contribution in [1.29, 1.82) is 0 Å². The van der Waals surface area contributed by atoms with Gasteiger partial charge in [-0.2, -0.15) is 0 Å². The maximum Gasteiger partial charge on any atom is 0.573 e. The number of aryl methyl sites for hydroxylation is 2. The number of unbranched alkanes of at least 4 members (excludes halogenated alkanes) is 3. The molecule has 3 aromatic rings. The van der Waals surface area contributed by atoms with Crippen molar-refractivity contribution < 1.29 is 36.2 Å². The highest BCUT2D eigenvalue weighted by Gasteiger charge is 2.32. The van der Waals surface area contributed by atoms with Crippen LogP contribution in [0, 0.1) is 17.6 Å². The van der Waals surface area contributed by atoms with Crippen LogP contribution >= 0.6 is 0 Å². The molecular formula is C29H31F5O3. The van der Waals surface area contributed by atoms with Crippen molar-refractivity contribution in [3.63, 3.8) is 0 Å². The number of hydrogen-bond acceptors (Lipinski definition) is 3. The van der Waals surface area contributed by atoms with E-state index >= 15 is 4.39 Å². The van der Waals surface area contributed by atoms with Crippen LogP contribution in [0.2, 0.25) is 0 Å². The molecule has 0 radical (unpaired) electrons. The number of hydrogen-bond donors (Lipinski definition) is 0. The molecule has 0 saturated carbocycles. The van der Waals surface area contributed by atoms with Crippen LogP contribution in [0.25, 0.3) is 10.8 Å². The van der Waals surface area contributed by atoms with Crippen molar-refractivity contribution >= 4 is 10.8 Å². The van der Waals surface area contributed by atoms with Gasteiger partial charge in [-0.25, -0.2) is 8.78 Å². The van der Waals surface area contributed by atoms with Gasteiger partial charge in [0, 0.05) is 16.9 Å². The normalized spacial score (nSPS) is 18.3. The highest BCUT2D eigenvalue weighted by molar-refractivity contribution is 5.84. The van der Waals surface area contributed by atoms with Crippen molar-refractivity contribution in [3.05, 3.63) is 76.9 Å². The fraction of sp³-hybridized carbons (Fsp3) is 0.448. The molecule has 1 fully saturated rings. The van der Waals surface area contributed by atoms with Gasteiger partial charge < -0.3 is 14.2 Å². The van der Waals surface area contributed by atoms with Crippen LogP contribution in [0.1, 0.15) is 62.0 Å². The fourth-order valence-corrected chi connectivity index (χ4v) is 4.64. The molecule has 0 amide bonds. The molecule has 0 unspecified atom stereocenters. The van der Waals surface area contributed by atoms with Crippen LogP contribution in [-0.4, -0.2) is 19.6 Å². The summed E-state index contributed by atoms with van der Waals surface area (Å²) in [6, 6.07) is 12.1. The average molecular weight is 523 g/mol. The summed E-state index contributed by atoms with van der Waals surface area (Å²) in [5.74, 6) is -1.98. The Morgan fingerprint density at radius 1 is 0.892 bits per heavy atom. The van der Waals surface area contributed by atoms with Gasteiger partial charge in [0.1, 0.15) is 5.82 Å². The molecule has 37 heavy (non-hydrogen) atoms. The summed E-state index contributed by atoms with van der Waals surface area (Å²) in [4.78, 5) is 0. The van der Waals surface area contributed by atoms with Gasteiger partial charge in [0.2, 0.25) is 0 Å². The first kappa shape index (κ1) is 27.3. The first-order chi connectivity index (χ1) is 17.7. The fourth-order valence-electron chi connectivity index (χ4n) is 4.64. The van der Waals surface area contributed by atoms with E-state index in [0.29, 0.717) is 41.0 Å². The molecule has 0 aliphatic carbocycles. The van der Waals surface area contributed by atoms with Gasteiger partial charge in [-0.15, -0.1) is 13.2 Å². The van der Waals surface area contributed by atoms with Gasteiger partial charge in [-0.3, -0.25) is 0 Å². The molecular weight excluding hydrogens is 491 g/mol. The van der Waals surface area contributed by atoms with Crippen LogP contribution in [0.5, 0.6) is 5.75 Å². The monoisotopic (exact) mass is 522 g/mol. The highest BCUT2D eigenvalue weighted by atomic mass is 19.4. The molecule has 3 nitrogen and oxygen atoms in total. The van der Waals surface area contributed by atoms with Crippen molar-refractivity contribution in [1.82, 2.24) is 0 Å². The number of benzene rings is 3. The molecule has 0 spiro atoms. The maximum atomic E-state index is 15.2. The van der Waals surface area contributed by atoms with Gasteiger partial charge in [0.05, 0.1) is 13.2 Å². The smallest absolute Gasteiger partial charge is 0.403 e. The number of alkyl halides is 3. The third-order valence-electron chi connectivity index (χ3n) is 6.67. The molecule has 8 heteroatoms. The van der Waals surface area contributed by atoms with Crippen LogP contribution in [-0.2, 0) is 22.3 Å². The molecule has 1 aliphatic heterocycles. The third-order valence-corrected chi connectivity index (χ3v) is 6.67. The van der Waals surface area contributed by atoms with Gasteiger partial charge in [-0.05, 0) is 54.0 Å². The summed E-state index contributed by atoms with van der Waals surface area (Å²) in [5, 5.41) is 1.17. The van der Waals surface area contributed by atoms with Crippen molar-refractivity contribution in [2.45, 2.75) is 64.5 Å². The SMILES string of the molecule is CCCCCCC1COC(c2ccc3c(F)c(CCc4ccc(OC(F)(F)F)c(F)c4)ccc3c2)OC1. The second-order valence-corrected chi connectivity index (χ2v) is 9.55. The van der Waals surface area contributed by atoms with E-state index in [1.165, 1.54) is 31.7 Å². The van der Waals surface area contributed by atoms with E-state index in [1.54, 1.807) is 18.2 Å². The van der Waals surface area contributed by atoms with Crippen LogP contribution in [0.4, 0.5) is 22.0 Å². The molecule has 3 aromatic carbocycles. The standard InChI is InChI=1S/C29H31F5O3/c1-2-3-4-5-6-20-17-35-28(36-18-20)23-12-13-24-22(16-23)11-10-21(27(24)31)9-7-19-8-14-26(25(30)15-19)37-29(32,33)34/h8,10-16,20,28H,2-7,9,17-18H2,1H3. The number of rotatable bonds is 10. The summed E-state index contributed by atoms with van der Waals surface area (Å²) in [7, 11) is 0. The van der Waals surface area contributed by atoms with Crippen LogP contribution in [0.3, 0.4) is 0 Å². The van der Waals surface area contributed by atoms with Crippen molar-refractivity contribution in [3.8, 4) is 5.75 Å². The zero-order valence-corrected chi connectivity index (χ0v) is 20.8. The second-order valence-electron chi connectivity index (χ2n) is 9.55. The van der Waals surface area contributed by atoms with E-state index in [2.05, 4.69) is 11.7 Å². The molecule has 0 N–H and O–H groups in total. The Balaban J connectivity index is 1.36. The molecule has 4 rings (SSSR count). The Hall–Kier alpha value is -2.71. The lowest BCUT2D eigenvalue weighted by Gasteiger charge is -2.30. The summed E-state index contributed by atoms with van der Waals surface area (Å²) in [6.45, 7) is 3.48. The van der Waals surface area contributed by atoms with Crippen LogP contribution in [0.15, 0.2) is 48.5 Å². The van der Waals surface area contributed by atoms with E-state index in [-0.39, 0.29) is 18.7 Å². The Labute approximate surface area is 213 Å². The quantitative estimate of drug-likeness (QED) is 0.198. The largest absolute Gasteiger partial charge is 0.573 e. The minimum Gasteiger partial charge on any atom is -0.403 e. The Morgan fingerprint density at radius 2 is 1.68 bits per heavy atom. The first-order valence-corrected chi connectivity index (χ1v) is 12.7. The van der Waals surface area contributed by atoms with Crippen molar-refractivity contribution in [2.75, 3.05) is 13.2 Å². The number of fused-ring (bicyclic) bond motifs is 1. The van der Waals surface area contributed by atoms with Gasteiger partial charge in [0.15, 0.2) is 17.9 Å². The lowest BCUT2D eigenvalue weighted by atomic mass is 9.98. The average Bonchev–Trinajstić information content (AvgIpc) is 2.87. The molecule has 0 aromatic heterocycles. The molecule has 1 saturated heterocycles.